The lowest BCUT2D eigenvalue weighted by atomic mass is 10.1. The fourth-order valence-electron chi connectivity index (χ4n) is 3.00. The van der Waals surface area contributed by atoms with Gasteiger partial charge in [-0.25, -0.2) is 9.56 Å². The summed E-state index contributed by atoms with van der Waals surface area (Å²) in [7, 11) is 0. The molecule has 0 unspecified atom stereocenters. The SMILES string of the molecule is C=[N+](/C=C\C(=C/C)COc1ccc(Cl)cc1-c1nc2ccc(Cl)cc2c(=O)[nH]1)CCC. The van der Waals surface area contributed by atoms with Gasteiger partial charge in [-0.15, -0.1) is 0 Å². The first-order chi connectivity index (χ1) is 14.9. The summed E-state index contributed by atoms with van der Waals surface area (Å²) < 4.78 is 7.94. The Labute approximate surface area is 191 Å². The molecule has 0 saturated heterocycles. The normalized spacial score (nSPS) is 11.9. The number of fused-ring (bicyclic) bond motifs is 1. The smallest absolute Gasteiger partial charge is 0.259 e. The summed E-state index contributed by atoms with van der Waals surface area (Å²) >= 11 is 12.2. The van der Waals surface area contributed by atoms with Crippen molar-refractivity contribution in [2.45, 2.75) is 20.3 Å². The summed E-state index contributed by atoms with van der Waals surface area (Å²) in [5, 5.41) is 1.41. The topological polar surface area (TPSA) is 58.0 Å². The third-order valence-corrected chi connectivity index (χ3v) is 5.11. The third-order valence-electron chi connectivity index (χ3n) is 4.64. The maximum Gasteiger partial charge on any atom is 0.259 e. The van der Waals surface area contributed by atoms with E-state index in [1.54, 1.807) is 36.4 Å². The van der Waals surface area contributed by atoms with Crippen molar-refractivity contribution in [3.8, 4) is 17.1 Å². The second kappa shape index (κ2) is 10.4. The molecule has 0 aliphatic carbocycles. The summed E-state index contributed by atoms with van der Waals surface area (Å²) in [6.07, 6.45) is 6.90. The molecule has 160 valence electrons. The van der Waals surface area contributed by atoms with E-state index in [4.69, 9.17) is 27.9 Å². The Morgan fingerprint density at radius 2 is 1.97 bits per heavy atom. The molecule has 1 heterocycles. The molecule has 31 heavy (non-hydrogen) atoms. The maximum atomic E-state index is 12.6. The molecule has 7 heteroatoms. The Morgan fingerprint density at radius 1 is 1.23 bits per heavy atom. The minimum Gasteiger partial charge on any atom is -0.488 e. The molecule has 0 atom stereocenters. The van der Waals surface area contributed by atoms with Crippen LogP contribution in [0.3, 0.4) is 0 Å². The number of aromatic nitrogens is 2. The van der Waals surface area contributed by atoms with Gasteiger partial charge in [0.15, 0.2) is 6.20 Å². The molecule has 0 saturated carbocycles. The van der Waals surface area contributed by atoms with Crippen molar-refractivity contribution >= 4 is 40.8 Å². The number of aromatic amines is 1. The van der Waals surface area contributed by atoms with Gasteiger partial charge in [0.1, 0.15) is 31.4 Å². The molecule has 0 amide bonds. The molecule has 0 aliphatic heterocycles. The average Bonchev–Trinajstić information content (AvgIpc) is 2.75. The number of rotatable bonds is 8. The van der Waals surface area contributed by atoms with Crippen LogP contribution in [0.4, 0.5) is 0 Å². The summed E-state index contributed by atoms with van der Waals surface area (Å²) in [4.78, 5) is 20.0. The zero-order chi connectivity index (χ0) is 22.4. The van der Waals surface area contributed by atoms with Crippen molar-refractivity contribution in [3.05, 3.63) is 80.7 Å². The highest BCUT2D eigenvalue weighted by Crippen LogP contribution is 2.31. The lowest BCUT2D eigenvalue weighted by Crippen LogP contribution is -2.10. The highest BCUT2D eigenvalue weighted by atomic mass is 35.5. The van der Waals surface area contributed by atoms with E-state index in [0.717, 1.165) is 18.5 Å². The van der Waals surface area contributed by atoms with Crippen molar-refractivity contribution in [2.75, 3.05) is 13.2 Å². The van der Waals surface area contributed by atoms with Crippen molar-refractivity contribution in [2.24, 2.45) is 0 Å². The molecule has 3 aromatic rings. The van der Waals surface area contributed by atoms with E-state index in [1.165, 1.54) is 0 Å². The minimum atomic E-state index is -0.281. The van der Waals surface area contributed by atoms with Crippen LogP contribution in [-0.4, -0.2) is 34.4 Å². The number of benzene rings is 2. The minimum absolute atomic E-state index is 0.281. The quantitative estimate of drug-likeness (QED) is 0.262. The Balaban J connectivity index is 1.91. The number of halogens is 2. The number of nitrogens with zero attached hydrogens (tertiary/aromatic N) is 2. The van der Waals surface area contributed by atoms with Crippen LogP contribution in [-0.2, 0) is 0 Å². The van der Waals surface area contributed by atoms with Crippen LogP contribution in [0.15, 0.2) is 65.1 Å². The first-order valence-electron chi connectivity index (χ1n) is 9.94. The van der Waals surface area contributed by atoms with E-state index in [1.807, 2.05) is 29.9 Å². The summed E-state index contributed by atoms with van der Waals surface area (Å²) in [5.74, 6) is 0.940. The maximum absolute atomic E-state index is 12.6. The number of hydrogen-bond acceptors (Lipinski definition) is 3. The van der Waals surface area contributed by atoms with Crippen LogP contribution >= 0.6 is 23.2 Å². The molecular weight excluding hydrogens is 433 g/mol. The van der Waals surface area contributed by atoms with Gasteiger partial charge >= 0.3 is 0 Å². The Morgan fingerprint density at radius 3 is 2.71 bits per heavy atom. The van der Waals surface area contributed by atoms with Crippen LogP contribution < -0.4 is 10.3 Å². The van der Waals surface area contributed by atoms with E-state index in [9.17, 15) is 4.79 Å². The van der Waals surface area contributed by atoms with E-state index in [0.29, 0.717) is 44.7 Å². The van der Waals surface area contributed by atoms with Gasteiger partial charge in [-0.3, -0.25) is 4.79 Å². The van der Waals surface area contributed by atoms with Gasteiger partial charge < -0.3 is 9.72 Å². The molecule has 0 spiro atoms. The zero-order valence-electron chi connectivity index (χ0n) is 17.5. The molecule has 0 bridgehead atoms. The van der Waals surface area contributed by atoms with Crippen LogP contribution in [0.1, 0.15) is 20.3 Å². The first kappa shape index (κ1) is 22.8. The van der Waals surface area contributed by atoms with Gasteiger partial charge in [0.25, 0.3) is 5.56 Å². The molecule has 2 aromatic carbocycles. The van der Waals surface area contributed by atoms with Crippen molar-refractivity contribution < 1.29 is 9.31 Å². The summed E-state index contributed by atoms with van der Waals surface area (Å²) in [6, 6.07) is 10.2. The number of allylic oxidation sites excluding steroid dienone is 1. The van der Waals surface area contributed by atoms with E-state index >= 15 is 0 Å². The predicted molar refractivity (Wildman–Crippen MR) is 129 cm³/mol. The highest BCUT2D eigenvalue weighted by Gasteiger charge is 2.13. The fourth-order valence-corrected chi connectivity index (χ4v) is 3.35. The second-order valence-corrected chi connectivity index (χ2v) is 7.87. The zero-order valence-corrected chi connectivity index (χ0v) is 19.0. The van der Waals surface area contributed by atoms with Gasteiger partial charge in [0, 0.05) is 22.5 Å². The molecule has 5 nitrogen and oxygen atoms in total. The predicted octanol–water partition coefficient (Wildman–Crippen LogP) is 5.86. The summed E-state index contributed by atoms with van der Waals surface area (Å²) in [5.41, 5.74) is 1.85. The molecule has 1 aromatic heterocycles. The Kier molecular flexibility index (Phi) is 7.66. The van der Waals surface area contributed by atoms with Crippen LogP contribution in [0.25, 0.3) is 22.3 Å². The van der Waals surface area contributed by atoms with E-state index < -0.39 is 0 Å². The molecule has 0 aliphatic rings. The largest absolute Gasteiger partial charge is 0.488 e. The standard InChI is InChI=1S/C24H23Cl2N3O2/c1-4-11-29(3)12-10-16(5-2)15-31-22-9-7-18(26)14-20(22)23-27-21-8-6-17(25)13-19(21)24(30)28-23/h5-10,12-14H,3-4,11,15H2,1-2H3/p+1/b12-10-,16-5+. The molecule has 0 radical (unpaired) electrons. The van der Waals surface area contributed by atoms with E-state index in [2.05, 4.69) is 23.6 Å². The number of nitrogens with one attached hydrogen (secondary N) is 1. The molecule has 3 rings (SSSR count). The average molecular weight is 457 g/mol. The molecular formula is C24H24Cl2N3O2+. The third kappa shape index (κ3) is 5.84. The lowest BCUT2D eigenvalue weighted by Gasteiger charge is -2.12. The highest BCUT2D eigenvalue weighted by molar-refractivity contribution is 6.31. The van der Waals surface area contributed by atoms with Crippen molar-refractivity contribution in [1.82, 2.24) is 9.97 Å². The van der Waals surface area contributed by atoms with Gasteiger partial charge in [0.05, 0.1) is 16.5 Å². The van der Waals surface area contributed by atoms with Crippen molar-refractivity contribution in [3.63, 3.8) is 0 Å². The Hall–Kier alpha value is -2.89. The number of ether oxygens (including phenoxy) is 1. The lowest BCUT2D eigenvalue weighted by molar-refractivity contribution is -0.447. The number of H-pyrrole nitrogens is 1. The van der Waals surface area contributed by atoms with Gasteiger partial charge in [-0.1, -0.05) is 36.2 Å². The number of hydrogen-bond donors (Lipinski definition) is 1. The monoisotopic (exact) mass is 456 g/mol. The van der Waals surface area contributed by atoms with Crippen molar-refractivity contribution in [1.29, 1.82) is 0 Å². The van der Waals surface area contributed by atoms with Crippen LogP contribution in [0.5, 0.6) is 5.75 Å². The van der Waals surface area contributed by atoms with E-state index in [-0.39, 0.29) is 5.56 Å². The Bertz CT molecular complexity index is 1230. The van der Waals surface area contributed by atoms with Crippen LogP contribution in [0, 0.1) is 0 Å². The second-order valence-electron chi connectivity index (χ2n) is 7.00. The van der Waals surface area contributed by atoms with Crippen LogP contribution in [0.2, 0.25) is 10.0 Å². The first-order valence-corrected chi connectivity index (χ1v) is 10.7. The van der Waals surface area contributed by atoms with Gasteiger partial charge in [0.2, 0.25) is 0 Å². The fraction of sp³-hybridized carbons (Fsp3) is 0.208. The molecule has 1 N–H and O–H groups in total. The van der Waals surface area contributed by atoms with Gasteiger partial charge in [-0.05, 0) is 48.9 Å². The molecule has 0 fully saturated rings. The van der Waals surface area contributed by atoms with Gasteiger partial charge in [-0.2, -0.15) is 0 Å². The summed E-state index contributed by atoms with van der Waals surface area (Å²) in [6.45, 7) is 9.24.